The Hall–Kier alpha value is -3.36. The molecule has 35 heavy (non-hydrogen) atoms. The molecule has 1 aliphatic heterocycles. The zero-order valence-corrected chi connectivity index (χ0v) is 21.0. The van der Waals surface area contributed by atoms with Crippen molar-refractivity contribution in [1.82, 2.24) is 19.6 Å². The maximum Gasteiger partial charge on any atom is 0.299 e. The summed E-state index contributed by atoms with van der Waals surface area (Å²) >= 11 is 6.00. The standard InChI is InChI=1S/C26H30ClN5O3/c1-4-30-12-14-31(15-13-30)25(33)19-6-5-7-21(16-19)29-24-23(35-18(2)3)17-28-32(26(24)34)22-10-8-20(27)9-11-22/h5-11,16-18,29H,4,12-15H2,1-3H3. The quantitative estimate of drug-likeness (QED) is 0.529. The van der Waals surface area contributed by atoms with Crippen molar-refractivity contribution in [2.24, 2.45) is 0 Å². The van der Waals surface area contributed by atoms with Gasteiger partial charge in [0.15, 0.2) is 11.4 Å². The Morgan fingerprint density at radius 3 is 2.49 bits per heavy atom. The molecule has 0 unspecified atom stereocenters. The molecule has 9 heteroatoms. The molecule has 0 saturated carbocycles. The Balaban J connectivity index is 1.63. The lowest BCUT2D eigenvalue weighted by Crippen LogP contribution is -2.48. The predicted molar refractivity (Wildman–Crippen MR) is 138 cm³/mol. The van der Waals surface area contributed by atoms with E-state index in [1.807, 2.05) is 24.8 Å². The molecule has 0 aliphatic carbocycles. The number of anilines is 2. The first kappa shape index (κ1) is 24.8. The van der Waals surface area contributed by atoms with Crippen LogP contribution in [-0.2, 0) is 0 Å². The van der Waals surface area contributed by atoms with Crippen LogP contribution in [0.25, 0.3) is 5.69 Å². The second-order valence-electron chi connectivity index (χ2n) is 8.68. The van der Waals surface area contributed by atoms with Gasteiger partial charge < -0.3 is 19.9 Å². The third-order valence-electron chi connectivity index (χ3n) is 5.86. The molecule has 1 N–H and O–H groups in total. The topological polar surface area (TPSA) is 79.7 Å². The van der Waals surface area contributed by atoms with Crippen LogP contribution >= 0.6 is 11.6 Å². The van der Waals surface area contributed by atoms with Crippen LogP contribution in [0.3, 0.4) is 0 Å². The molecule has 2 aromatic carbocycles. The highest BCUT2D eigenvalue weighted by molar-refractivity contribution is 6.30. The number of nitrogens with zero attached hydrogens (tertiary/aromatic N) is 4. The molecule has 0 atom stereocenters. The van der Waals surface area contributed by atoms with Crippen molar-refractivity contribution in [3.63, 3.8) is 0 Å². The molecule has 1 saturated heterocycles. The Labute approximate surface area is 210 Å². The van der Waals surface area contributed by atoms with Crippen molar-refractivity contribution in [3.8, 4) is 11.4 Å². The Morgan fingerprint density at radius 2 is 1.83 bits per heavy atom. The van der Waals surface area contributed by atoms with E-state index in [-0.39, 0.29) is 23.3 Å². The van der Waals surface area contributed by atoms with Gasteiger partial charge in [-0.1, -0.05) is 24.6 Å². The van der Waals surface area contributed by atoms with E-state index in [4.69, 9.17) is 16.3 Å². The van der Waals surface area contributed by atoms with E-state index >= 15 is 0 Å². The molecule has 8 nitrogen and oxygen atoms in total. The molecule has 0 spiro atoms. The van der Waals surface area contributed by atoms with Gasteiger partial charge in [-0.2, -0.15) is 9.78 Å². The summed E-state index contributed by atoms with van der Waals surface area (Å²) in [4.78, 5) is 30.7. The van der Waals surface area contributed by atoms with Crippen molar-refractivity contribution in [2.75, 3.05) is 38.0 Å². The number of ether oxygens (including phenoxy) is 1. The number of benzene rings is 2. The second kappa shape index (κ2) is 10.9. The maximum atomic E-state index is 13.4. The number of piperazine rings is 1. The number of amides is 1. The van der Waals surface area contributed by atoms with E-state index in [0.29, 0.717) is 40.8 Å². The van der Waals surface area contributed by atoms with Crippen molar-refractivity contribution in [1.29, 1.82) is 0 Å². The van der Waals surface area contributed by atoms with Gasteiger partial charge in [0.2, 0.25) is 0 Å². The van der Waals surface area contributed by atoms with Gasteiger partial charge in [-0.3, -0.25) is 9.59 Å². The van der Waals surface area contributed by atoms with E-state index in [2.05, 4.69) is 22.2 Å². The highest BCUT2D eigenvalue weighted by atomic mass is 35.5. The third-order valence-corrected chi connectivity index (χ3v) is 6.11. The van der Waals surface area contributed by atoms with Crippen molar-refractivity contribution in [3.05, 3.63) is 75.7 Å². The molecule has 2 heterocycles. The summed E-state index contributed by atoms with van der Waals surface area (Å²) in [5.74, 6) is 0.319. The average Bonchev–Trinajstić information content (AvgIpc) is 2.86. The summed E-state index contributed by atoms with van der Waals surface area (Å²) in [6.07, 6.45) is 1.36. The van der Waals surface area contributed by atoms with E-state index in [9.17, 15) is 9.59 Å². The first-order valence-electron chi connectivity index (χ1n) is 11.8. The highest BCUT2D eigenvalue weighted by Crippen LogP contribution is 2.26. The fourth-order valence-electron chi connectivity index (χ4n) is 3.99. The molecule has 0 radical (unpaired) electrons. The SMILES string of the molecule is CCN1CCN(C(=O)c2cccc(Nc3c(OC(C)C)cnn(-c4ccc(Cl)cc4)c3=O)c2)CC1. The summed E-state index contributed by atoms with van der Waals surface area (Å²) in [5.41, 5.74) is 1.62. The maximum absolute atomic E-state index is 13.4. The van der Waals surface area contributed by atoms with Crippen LogP contribution in [0.4, 0.5) is 11.4 Å². The molecule has 184 valence electrons. The van der Waals surface area contributed by atoms with Gasteiger partial charge in [0, 0.05) is 42.5 Å². The number of halogens is 1. The van der Waals surface area contributed by atoms with Crippen LogP contribution in [0.2, 0.25) is 5.02 Å². The van der Waals surface area contributed by atoms with Gasteiger partial charge in [0.1, 0.15) is 0 Å². The summed E-state index contributed by atoms with van der Waals surface area (Å²) < 4.78 is 7.15. The van der Waals surface area contributed by atoms with Gasteiger partial charge in [-0.25, -0.2) is 0 Å². The van der Waals surface area contributed by atoms with Crippen LogP contribution in [0.15, 0.2) is 59.5 Å². The van der Waals surface area contributed by atoms with E-state index in [0.717, 1.165) is 19.6 Å². The number of likely N-dealkylation sites (N-methyl/N-ethyl adjacent to an activating group) is 1. The molecule has 1 fully saturated rings. The summed E-state index contributed by atoms with van der Waals surface area (Å²) in [6.45, 7) is 10.0. The normalized spacial score (nSPS) is 14.3. The van der Waals surface area contributed by atoms with Gasteiger partial charge in [0.05, 0.1) is 18.0 Å². The largest absolute Gasteiger partial charge is 0.487 e. The van der Waals surface area contributed by atoms with Gasteiger partial charge in [0.25, 0.3) is 11.5 Å². The summed E-state index contributed by atoms with van der Waals surface area (Å²) in [5, 5.41) is 8.03. The first-order valence-corrected chi connectivity index (χ1v) is 12.2. The molecule has 1 aliphatic rings. The van der Waals surface area contributed by atoms with Gasteiger partial charge in [-0.15, -0.1) is 0 Å². The molecule has 0 bridgehead atoms. The van der Waals surface area contributed by atoms with Gasteiger partial charge in [-0.05, 0) is 62.9 Å². The average molecular weight is 496 g/mol. The zero-order valence-electron chi connectivity index (χ0n) is 20.2. The number of rotatable bonds is 7. The Morgan fingerprint density at radius 1 is 1.11 bits per heavy atom. The van der Waals surface area contributed by atoms with E-state index in [1.165, 1.54) is 10.9 Å². The number of nitrogens with one attached hydrogen (secondary N) is 1. The number of hydrogen-bond donors (Lipinski definition) is 1. The number of aromatic nitrogens is 2. The molecular weight excluding hydrogens is 466 g/mol. The number of carbonyl (C=O) groups excluding carboxylic acids is 1. The fourth-order valence-corrected chi connectivity index (χ4v) is 4.11. The Kier molecular flexibility index (Phi) is 7.73. The summed E-state index contributed by atoms with van der Waals surface area (Å²) in [7, 11) is 0. The van der Waals surface area contributed by atoms with Gasteiger partial charge >= 0.3 is 0 Å². The lowest BCUT2D eigenvalue weighted by atomic mass is 10.1. The molecule has 4 rings (SSSR count). The zero-order chi connectivity index (χ0) is 24.9. The van der Waals surface area contributed by atoms with Crippen LogP contribution in [0.1, 0.15) is 31.1 Å². The molecule has 1 aromatic heterocycles. The molecule has 3 aromatic rings. The minimum atomic E-state index is -0.377. The first-order chi connectivity index (χ1) is 16.9. The van der Waals surface area contributed by atoms with Crippen LogP contribution in [0, 0.1) is 0 Å². The minimum absolute atomic E-state index is 0.0173. The van der Waals surface area contributed by atoms with Crippen LogP contribution in [-0.4, -0.2) is 64.3 Å². The fraction of sp³-hybridized carbons (Fsp3) is 0.346. The van der Waals surface area contributed by atoms with Crippen molar-refractivity contribution >= 4 is 28.9 Å². The predicted octanol–water partition coefficient (Wildman–Crippen LogP) is 4.19. The summed E-state index contributed by atoms with van der Waals surface area (Å²) in [6, 6.07) is 14.0. The minimum Gasteiger partial charge on any atom is -0.487 e. The van der Waals surface area contributed by atoms with Crippen molar-refractivity contribution in [2.45, 2.75) is 26.9 Å². The molecular formula is C26H30ClN5O3. The monoisotopic (exact) mass is 495 g/mol. The number of carbonyl (C=O) groups is 1. The van der Waals surface area contributed by atoms with E-state index < -0.39 is 0 Å². The van der Waals surface area contributed by atoms with Crippen LogP contribution < -0.4 is 15.6 Å². The van der Waals surface area contributed by atoms with Crippen molar-refractivity contribution < 1.29 is 9.53 Å². The smallest absolute Gasteiger partial charge is 0.299 e. The second-order valence-corrected chi connectivity index (χ2v) is 9.11. The lowest BCUT2D eigenvalue weighted by Gasteiger charge is -2.34. The molecule has 1 amide bonds. The lowest BCUT2D eigenvalue weighted by molar-refractivity contribution is 0.0643. The van der Waals surface area contributed by atoms with Crippen LogP contribution in [0.5, 0.6) is 5.75 Å². The third kappa shape index (κ3) is 5.83. The highest BCUT2D eigenvalue weighted by Gasteiger charge is 2.22. The Bertz CT molecular complexity index is 1230. The van der Waals surface area contributed by atoms with E-state index in [1.54, 1.807) is 42.5 Å². The number of hydrogen-bond acceptors (Lipinski definition) is 6.